The number of sulfonamides is 1. The number of carbonyl (C=O) groups excluding carboxylic acids is 3. The average molecular weight is 606 g/mol. The van der Waals surface area contributed by atoms with Crippen molar-refractivity contribution in [1.82, 2.24) is 9.62 Å². The van der Waals surface area contributed by atoms with Gasteiger partial charge in [-0.25, -0.2) is 27.2 Å². The van der Waals surface area contributed by atoms with Crippen molar-refractivity contribution in [2.45, 2.75) is 23.5 Å². The molecule has 2 aliphatic rings. The highest BCUT2D eigenvalue weighted by Crippen LogP contribution is 2.31. The van der Waals surface area contributed by atoms with Crippen LogP contribution in [0.1, 0.15) is 28.8 Å². The van der Waals surface area contributed by atoms with Gasteiger partial charge < -0.3 is 15.5 Å². The summed E-state index contributed by atoms with van der Waals surface area (Å²) in [5.74, 6) is -2.20. The Labute approximate surface area is 239 Å². The van der Waals surface area contributed by atoms with Gasteiger partial charge in [0.25, 0.3) is 15.9 Å². The van der Waals surface area contributed by atoms with Gasteiger partial charge in [-0.15, -0.1) is 11.3 Å². The van der Waals surface area contributed by atoms with Crippen molar-refractivity contribution in [3.05, 3.63) is 69.8 Å². The second kappa shape index (κ2) is 11.5. The van der Waals surface area contributed by atoms with Gasteiger partial charge in [-0.3, -0.25) is 9.59 Å². The highest BCUT2D eigenvalue weighted by molar-refractivity contribution is 7.92. The van der Waals surface area contributed by atoms with Gasteiger partial charge in [0.2, 0.25) is 5.91 Å². The number of hydrogen-bond acceptors (Lipinski definition) is 8. The molecular formula is C26H25ClFN5O5S2. The van der Waals surface area contributed by atoms with E-state index in [0.717, 1.165) is 54.2 Å². The molecule has 40 heavy (non-hydrogen) atoms. The molecule has 3 aromatic rings. The number of rotatable bonds is 8. The largest absolute Gasteiger partial charge is 0.384 e. The fourth-order valence-electron chi connectivity index (χ4n) is 4.68. The maximum Gasteiger partial charge on any atom is 0.333 e. The maximum absolute atomic E-state index is 15.1. The third-order valence-corrected chi connectivity index (χ3v) is 9.63. The summed E-state index contributed by atoms with van der Waals surface area (Å²) in [7, 11) is -4.18. The summed E-state index contributed by atoms with van der Waals surface area (Å²) in [5.41, 5.74) is 1.29. The zero-order valence-corrected chi connectivity index (χ0v) is 23.5. The summed E-state index contributed by atoms with van der Waals surface area (Å²) in [6.45, 7) is 3.84. The number of halogens is 2. The number of fused-ring (bicyclic) bond motifs is 1. The molecule has 2 aliphatic heterocycles. The highest BCUT2D eigenvalue weighted by atomic mass is 35.5. The Morgan fingerprint density at radius 2 is 1.77 bits per heavy atom. The van der Waals surface area contributed by atoms with Crippen LogP contribution in [0.2, 0.25) is 4.34 Å². The van der Waals surface area contributed by atoms with Crippen LogP contribution in [0.15, 0.2) is 52.7 Å². The first kappa shape index (κ1) is 28.0. The molecule has 0 bridgehead atoms. The number of imide groups is 1. The summed E-state index contributed by atoms with van der Waals surface area (Å²) >= 11 is 6.52. The number of amides is 4. The predicted octanol–water partition coefficient (Wildman–Crippen LogP) is 4.29. The van der Waals surface area contributed by atoms with E-state index >= 15 is 4.39 Å². The zero-order chi connectivity index (χ0) is 28.4. The number of nitrogens with one attached hydrogen (secondary N) is 3. The minimum absolute atomic E-state index is 0.0832. The van der Waals surface area contributed by atoms with Crippen LogP contribution >= 0.6 is 22.9 Å². The second-order valence-electron chi connectivity index (χ2n) is 9.34. The van der Waals surface area contributed by atoms with Crippen molar-refractivity contribution >= 4 is 67.9 Å². The first-order valence-electron chi connectivity index (χ1n) is 12.5. The first-order chi connectivity index (χ1) is 19.1. The summed E-state index contributed by atoms with van der Waals surface area (Å²) < 4.78 is 41.5. The van der Waals surface area contributed by atoms with Gasteiger partial charge in [0.1, 0.15) is 10.0 Å². The van der Waals surface area contributed by atoms with Crippen molar-refractivity contribution in [2.24, 2.45) is 0 Å². The van der Waals surface area contributed by atoms with Crippen LogP contribution in [0.5, 0.6) is 0 Å². The molecule has 5 rings (SSSR count). The van der Waals surface area contributed by atoms with Gasteiger partial charge in [0, 0.05) is 30.0 Å². The lowest BCUT2D eigenvalue weighted by Gasteiger charge is -2.27. The molecule has 2 aromatic carbocycles. The number of anilines is 3. The fourth-order valence-corrected chi connectivity index (χ4v) is 7.07. The monoisotopic (exact) mass is 605 g/mol. The molecule has 0 atom stereocenters. The van der Waals surface area contributed by atoms with Crippen LogP contribution in [0.3, 0.4) is 0 Å². The average Bonchev–Trinajstić information content (AvgIpc) is 3.57. The number of hydrogen-bond donors (Lipinski definition) is 3. The smallest absolute Gasteiger partial charge is 0.333 e. The minimum Gasteiger partial charge on any atom is -0.384 e. The lowest BCUT2D eigenvalue weighted by atomic mass is 9.97. The third-order valence-electron chi connectivity index (χ3n) is 6.57. The SMILES string of the molecule is O=C(Nc1ccc(N2C(=O)Cc3cc(NCCN4CCCC4)ccc3C2=O)c(F)c1)NS(=O)(=O)c1ccc(Cl)s1. The molecule has 3 heterocycles. The van der Waals surface area contributed by atoms with E-state index in [4.69, 9.17) is 11.6 Å². The topological polar surface area (TPSA) is 128 Å². The Morgan fingerprint density at radius 3 is 2.48 bits per heavy atom. The van der Waals surface area contributed by atoms with E-state index in [1.807, 2.05) is 4.72 Å². The van der Waals surface area contributed by atoms with Crippen LogP contribution in [0.25, 0.3) is 0 Å². The quantitative estimate of drug-likeness (QED) is 0.327. The number of benzene rings is 2. The standard InChI is InChI=1S/C26H25ClFN5O5S2/c27-22-7-8-24(39-22)40(37,38)31-26(36)30-18-4-6-21(20(28)15-18)33-23(34)14-16-13-17(3-5-19(16)25(33)35)29-9-12-32-10-1-2-11-32/h3-8,13,15,29H,1-2,9-12,14H2,(H2,30,31,36). The Balaban J connectivity index is 1.25. The highest BCUT2D eigenvalue weighted by Gasteiger charge is 2.34. The summed E-state index contributed by atoms with van der Waals surface area (Å²) in [4.78, 5) is 41.5. The third kappa shape index (κ3) is 6.12. The molecule has 0 spiro atoms. The van der Waals surface area contributed by atoms with Gasteiger partial charge >= 0.3 is 6.03 Å². The van der Waals surface area contributed by atoms with Crippen molar-refractivity contribution < 1.29 is 27.2 Å². The molecule has 210 valence electrons. The molecular weight excluding hydrogens is 581 g/mol. The van der Waals surface area contributed by atoms with Crippen LogP contribution in [-0.4, -0.2) is 57.3 Å². The van der Waals surface area contributed by atoms with Crippen LogP contribution < -0.4 is 20.3 Å². The molecule has 0 aliphatic carbocycles. The van der Waals surface area contributed by atoms with E-state index in [-0.39, 0.29) is 26.3 Å². The van der Waals surface area contributed by atoms with Gasteiger partial charge in [0.05, 0.1) is 16.4 Å². The van der Waals surface area contributed by atoms with Crippen molar-refractivity contribution in [2.75, 3.05) is 41.7 Å². The first-order valence-corrected chi connectivity index (χ1v) is 15.1. The van der Waals surface area contributed by atoms with Crippen molar-refractivity contribution in [3.63, 3.8) is 0 Å². The molecule has 1 aromatic heterocycles. The lowest BCUT2D eigenvalue weighted by molar-refractivity contribution is -0.117. The second-order valence-corrected chi connectivity index (χ2v) is 13.0. The molecule has 14 heteroatoms. The maximum atomic E-state index is 15.1. The van der Waals surface area contributed by atoms with E-state index in [0.29, 0.717) is 11.1 Å². The van der Waals surface area contributed by atoms with Gasteiger partial charge in [-0.1, -0.05) is 11.6 Å². The Hall–Kier alpha value is -3.52. The Bertz CT molecular complexity index is 1590. The number of thiophene rings is 1. The van der Waals surface area contributed by atoms with Gasteiger partial charge in [-0.05, 0) is 80.0 Å². The van der Waals surface area contributed by atoms with Crippen molar-refractivity contribution in [3.8, 4) is 0 Å². The number of urea groups is 1. The molecule has 4 amide bonds. The van der Waals surface area contributed by atoms with E-state index < -0.39 is 33.7 Å². The summed E-state index contributed by atoms with van der Waals surface area (Å²) in [6, 6.07) is 9.97. The van der Waals surface area contributed by atoms with E-state index in [1.54, 1.807) is 18.2 Å². The normalized spacial score (nSPS) is 15.7. The van der Waals surface area contributed by atoms with Gasteiger partial charge in [0.15, 0.2) is 0 Å². The van der Waals surface area contributed by atoms with E-state index in [9.17, 15) is 22.8 Å². The van der Waals surface area contributed by atoms with Gasteiger partial charge in [-0.2, -0.15) is 0 Å². The molecule has 0 unspecified atom stereocenters. The van der Waals surface area contributed by atoms with Crippen LogP contribution in [0, 0.1) is 5.82 Å². The summed E-state index contributed by atoms with van der Waals surface area (Å²) in [6.07, 6.45) is 2.34. The fraction of sp³-hybridized carbons (Fsp3) is 0.269. The number of likely N-dealkylation sites (tertiary alicyclic amines) is 1. The van der Waals surface area contributed by atoms with E-state index in [1.165, 1.54) is 37.1 Å². The lowest BCUT2D eigenvalue weighted by Crippen LogP contribution is -2.43. The molecule has 1 saturated heterocycles. The predicted molar refractivity (Wildman–Crippen MR) is 151 cm³/mol. The summed E-state index contributed by atoms with van der Waals surface area (Å²) in [5, 5.41) is 5.56. The van der Waals surface area contributed by atoms with Crippen LogP contribution in [0.4, 0.5) is 26.2 Å². The zero-order valence-electron chi connectivity index (χ0n) is 21.1. The Morgan fingerprint density at radius 1 is 1.02 bits per heavy atom. The van der Waals surface area contributed by atoms with Crippen molar-refractivity contribution in [1.29, 1.82) is 0 Å². The Kier molecular flexibility index (Phi) is 8.08. The molecule has 0 radical (unpaired) electrons. The molecule has 3 N–H and O–H groups in total. The molecule has 0 saturated carbocycles. The molecule has 1 fully saturated rings. The number of carbonyl (C=O) groups is 3. The van der Waals surface area contributed by atoms with Crippen LogP contribution in [-0.2, 0) is 21.2 Å². The number of nitrogens with zero attached hydrogens (tertiary/aromatic N) is 2. The minimum atomic E-state index is -4.18. The molecule has 10 nitrogen and oxygen atoms in total. The van der Waals surface area contributed by atoms with E-state index in [2.05, 4.69) is 15.5 Å².